The zero-order valence-electron chi connectivity index (χ0n) is 11.8. The maximum Gasteiger partial charge on any atom is 0.184 e. The van der Waals surface area contributed by atoms with E-state index in [1.807, 2.05) is 47.1 Å². The van der Waals surface area contributed by atoms with Crippen molar-refractivity contribution in [2.45, 2.75) is 19.4 Å². The molecule has 1 unspecified atom stereocenters. The van der Waals surface area contributed by atoms with Crippen LogP contribution in [0.15, 0.2) is 54.6 Å². The van der Waals surface area contributed by atoms with Crippen LogP contribution >= 0.6 is 0 Å². The molecule has 3 rings (SSSR count). The van der Waals surface area contributed by atoms with Gasteiger partial charge in [-0.15, -0.1) is 5.10 Å². The number of nitrogens with zero attached hydrogens (tertiary/aromatic N) is 4. The van der Waals surface area contributed by atoms with E-state index in [-0.39, 0.29) is 6.04 Å². The number of anilines is 1. The van der Waals surface area contributed by atoms with Crippen LogP contribution in [0.2, 0.25) is 0 Å². The molecule has 106 valence electrons. The van der Waals surface area contributed by atoms with Crippen molar-refractivity contribution in [2.75, 3.05) is 5.73 Å². The molecule has 1 aromatic heterocycles. The van der Waals surface area contributed by atoms with E-state index in [4.69, 9.17) is 5.73 Å². The van der Waals surface area contributed by atoms with Crippen LogP contribution in [-0.2, 0) is 0 Å². The van der Waals surface area contributed by atoms with Gasteiger partial charge in [-0.05, 0) is 34.5 Å². The summed E-state index contributed by atoms with van der Waals surface area (Å²) in [7, 11) is 0. The van der Waals surface area contributed by atoms with Gasteiger partial charge in [-0.3, -0.25) is 0 Å². The molecule has 2 N–H and O–H groups in total. The van der Waals surface area contributed by atoms with E-state index in [2.05, 4.69) is 34.6 Å². The number of hydrogen-bond donors (Lipinski definition) is 1. The molecule has 0 aliphatic heterocycles. The number of nitrogens with two attached hydrogens (primary N) is 1. The number of tetrazole rings is 1. The Bertz CT molecular complexity index is 720. The van der Waals surface area contributed by atoms with E-state index < -0.39 is 0 Å². The maximum absolute atomic E-state index is 6.05. The Labute approximate surface area is 123 Å². The van der Waals surface area contributed by atoms with Crippen molar-refractivity contribution in [1.82, 2.24) is 20.2 Å². The third kappa shape index (κ3) is 2.50. The summed E-state index contributed by atoms with van der Waals surface area (Å²) in [5.74, 6) is 0.698. The summed E-state index contributed by atoms with van der Waals surface area (Å²) in [6.45, 7) is 2.12. The molecule has 21 heavy (non-hydrogen) atoms. The van der Waals surface area contributed by atoms with Crippen molar-refractivity contribution in [3.63, 3.8) is 0 Å². The molecule has 0 aliphatic rings. The first kappa shape index (κ1) is 13.3. The van der Waals surface area contributed by atoms with Gasteiger partial charge >= 0.3 is 0 Å². The molecule has 1 atom stereocenters. The first-order chi connectivity index (χ1) is 10.3. The Kier molecular flexibility index (Phi) is 3.64. The van der Waals surface area contributed by atoms with Crippen molar-refractivity contribution in [3.05, 3.63) is 60.2 Å². The fraction of sp³-hybridized carbons (Fsp3) is 0.188. The second-order valence-electron chi connectivity index (χ2n) is 4.87. The van der Waals surface area contributed by atoms with Gasteiger partial charge in [0.1, 0.15) is 0 Å². The van der Waals surface area contributed by atoms with Crippen LogP contribution in [-0.4, -0.2) is 20.2 Å². The Balaban J connectivity index is 2.08. The maximum atomic E-state index is 6.05. The minimum absolute atomic E-state index is 0.0933. The van der Waals surface area contributed by atoms with Gasteiger partial charge in [-0.1, -0.05) is 49.4 Å². The summed E-state index contributed by atoms with van der Waals surface area (Å²) in [5, 5.41) is 12.2. The highest BCUT2D eigenvalue weighted by Crippen LogP contribution is 2.28. The smallest absolute Gasteiger partial charge is 0.184 e. The van der Waals surface area contributed by atoms with Gasteiger partial charge in [0.15, 0.2) is 5.82 Å². The highest BCUT2D eigenvalue weighted by molar-refractivity contribution is 5.71. The lowest BCUT2D eigenvalue weighted by molar-refractivity contribution is 0.498. The standard InChI is InChI=1S/C16H17N5/c1-2-15(12-8-4-3-5-9-12)21-16(18-19-20-21)13-10-6-7-11-14(13)17/h3-11,15H,2,17H2,1H3. The second kappa shape index (κ2) is 5.75. The molecule has 0 spiro atoms. The Morgan fingerprint density at radius 3 is 2.48 bits per heavy atom. The minimum Gasteiger partial charge on any atom is -0.398 e. The number of rotatable bonds is 4. The third-order valence-corrected chi connectivity index (χ3v) is 3.56. The number of aromatic nitrogens is 4. The van der Waals surface area contributed by atoms with Crippen LogP contribution in [0.1, 0.15) is 24.9 Å². The molecule has 3 aromatic rings. The fourth-order valence-electron chi connectivity index (χ4n) is 2.51. The van der Waals surface area contributed by atoms with Gasteiger partial charge in [-0.25, -0.2) is 4.68 Å². The van der Waals surface area contributed by atoms with Gasteiger partial charge in [0.25, 0.3) is 0 Å². The van der Waals surface area contributed by atoms with Gasteiger partial charge in [0, 0.05) is 11.3 Å². The van der Waals surface area contributed by atoms with Gasteiger partial charge in [-0.2, -0.15) is 0 Å². The normalized spacial score (nSPS) is 12.2. The highest BCUT2D eigenvalue weighted by Gasteiger charge is 2.19. The summed E-state index contributed by atoms with van der Waals surface area (Å²) in [4.78, 5) is 0. The van der Waals surface area contributed by atoms with Crippen molar-refractivity contribution in [1.29, 1.82) is 0 Å². The lowest BCUT2D eigenvalue weighted by Crippen LogP contribution is -2.13. The van der Waals surface area contributed by atoms with E-state index in [1.165, 1.54) is 5.56 Å². The van der Waals surface area contributed by atoms with Gasteiger partial charge < -0.3 is 5.73 Å². The summed E-state index contributed by atoms with van der Waals surface area (Å²) in [5.41, 5.74) is 8.77. The molecule has 0 amide bonds. The quantitative estimate of drug-likeness (QED) is 0.745. The van der Waals surface area contributed by atoms with Crippen molar-refractivity contribution in [3.8, 4) is 11.4 Å². The van der Waals surface area contributed by atoms with E-state index in [1.54, 1.807) is 0 Å². The number of para-hydroxylation sites is 1. The molecular formula is C16H17N5. The molecule has 0 saturated carbocycles. The number of nitrogen functional groups attached to an aromatic ring is 1. The van der Waals surface area contributed by atoms with Gasteiger partial charge in [0.2, 0.25) is 0 Å². The summed E-state index contributed by atoms with van der Waals surface area (Å²) in [6, 6.07) is 18.0. The fourth-order valence-corrected chi connectivity index (χ4v) is 2.51. The SMILES string of the molecule is CCC(c1ccccc1)n1nnnc1-c1ccccc1N. The number of benzene rings is 2. The van der Waals surface area contributed by atoms with Crippen LogP contribution in [0, 0.1) is 0 Å². The summed E-state index contributed by atoms with van der Waals surface area (Å²) in [6.07, 6.45) is 0.898. The Hall–Kier alpha value is -2.69. The van der Waals surface area contributed by atoms with E-state index in [0.717, 1.165) is 12.0 Å². The van der Waals surface area contributed by atoms with Crippen LogP contribution in [0.25, 0.3) is 11.4 Å². The van der Waals surface area contributed by atoms with Crippen molar-refractivity contribution in [2.24, 2.45) is 0 Å². The molecule has 0 saturated heterocycles. The largest absolute Gasteiger partial charge is 0.398 e. The van der Waals surface area contributed by atoms with Crippen LogP contribution < -0.4 is 5.73 Å². The third-order valence-electron chi connectivity index (χ3n) is 3.56. The average Bonchev–Trinajstić information content (AvgIpc) is 2.99. The summed E-state index contributed by atoms with van der Waals surface area (Å²) >= 11 is 0. The molecule has 0 bridgehead atoms. The molecule has 5 nitrogen and oxygen atoms in total. The predicted molar refractivity (Wildman–Crippen MR) is 82.5 cm³/mol. The second-order valence-corrected chi connectivity index (χ2v) is 4.87. The van der Waals surface area contributed by atoms with Crippen LogP contribution in [0.4, 0.5) is 5.69 Å². The topological polar surface area (TPSA) is 69.6 Å². The summed E-state index contributed by atoms with van der Waals surface area (Å²) < 4.78 is 1.85. The predicted octanol–water partition coefficient (Wildman–Crippen LogP) is 2.92. The first-order valence-corrected chi connectivity index (χ1v) is 6.99. The zero-order valence-corrected chi connectivity index (χ0v) is 11.8. The molecule has 0 fully saturated rings. The Morgan fingerprint density at radius 1 is 1.05 bits per heavy atom. The Morgan fingerprint density at radius 2 is 1.76 bits per heavy atom. The molecular weight excluding hydrogens is 262 g/mol. The van der Waals surface area contributed by atoms with Crippen LogP contribution in [0.3, 0.4) is 0 Å². The van der Waals surface area contributed by atoms with E-state index in [0.29, 0.717) is 11.5 Å². The van der Waals surface area contributed by atoms with Gasteiger partial charge in [0.05, 0.1) is 6.04 Å². The van der Waals surface area contributed by atoms with Crippen molar-refractivity contribution < 1.29 is 0 Å². The lowest BCUT2D eigenvalue weighted by Gasteiger charge is -2.17. The molecule has 2 aromatic carbocycles. The molecule has 5 heteroatoms. The zero-order chi connectivity index (χ0) is 14.7. The van der Waals surface area contributed by atoms with E-state index >= 15 is 0 Å². The molecule has 1 heterocycles. The first-order valence-electron chi connectivity index (χ1n) is 6.99. The molecule has 0 radical (unpaired) electrons. The minimum atomic E-state index is 0.0933. The monoisotopic (exact) mass is 279 g/mol. The van der Waals surface area contributed by atoms with Crippen LogP contribution in [0.5, 0.6) is 0 Å². The number of hydrogen-bond acceptors (Lipinski definition) is 4. The van der Waals surface area contributed by atoms with Crippen molar-refractivity contribution >= 4 is 5.69 Å². The highest BCUT2D eigenvalue weighted by atomic mass is 15.5. The lowest BCUT2D eigenvalue weighted by atomic mass is 10.0. The molecule has 0 aliphatic carbocycles. The van der Waals surface area contributed by atoms with E-state index in [9.17, 15) is 0 Å². The average molecular weight is 279 g/mol.